The van der Waals surface area contributed by atoms with E-state index in [0.29, 0.717) is 6.42 Å². The van der Waals surface area contributed by atoms with Crippen LogP contribution in [0, 0.1) is 0 Å². The third-order valence-corrected chi connectivity index (χ3v) is 3.37. The van der Waals surface area contributed by atoms with Gasteiger partial charge in [0.2, 0.25) is 0 Å². The van der Waals surface area contributed by atoms with Crippen molar-refractivity contribution in [3.05, 3.63) is 35.4 Å². The van der Waals surface area contributed by atoms with Crippen molar-refractivity contribution in [3.8, 4) is 0 Å². The average molecular weight is 318 g/mol. The lowest BCUT2D eigenvalue weighted by Crippen LogP contribution is -2.31. The molecule has 0 saturated carbocycles. The molecule has 124 valence electrons. The predicted molar refractivity (Wildman–Crippen MR) is 76.8 cm³/mol. The first kappa shape index (κ1) is 18.5. The summed E-state index contributed by atoms with van der Waals surface area (Å²) in [6.07, 6.45) is -3.37. The highest BCUT2D eigenvalue weighted by atomic mass is 19.4. The van der Waals surface area contributed by atoms with Crippen LogP contribution >= 0.6 is 0 Å². The number of carboxylic acids is 1. The molecule has 0 bridgehead atoms. The summed E-state index contributed by atoms with van der Waals surface area (Å²) in [6.45, 7) is 1.63. The fourth-order valence-corrected chi connectivity index (χ4v) is 2.14. The lowest BCUT2D eigenvalue weighted by Gasteiger charge is -2.21. The standard InChI is InChI=1S/C16H21F3O3/c1-2-3-4-5-10-14(16(17,18)19)22-11-12-8-6-7-9-13(12)15(20)21/h6-9,14H,2-5,10-11H2,1H3,(H,20,21). The molecule has 0 saturated heterocycles. The number of aromatic carboxylic acids is 1. The third-order valence-electron chi connectivity index (χ3n) is 3.37. The molecule has 0 radical (unpaired) electrons. The lowest BCUT2D eigenvalue weighted by molar-refractivity contribution is -0.225. The zero-order valence-corrected chi connectivity index (χ0v) is 12.5. The molecule has 0 aromatic heterocycles. The first-order valence-corrected chi connectivity index (χ1v) is 7.35. The van der Waals surface area contributed by atoms with Gasteiger partial charge in [-0.3, -0.25) is 0 Å². The minimum absolute atomic E-state index is 0.0330. The summed E-state index contributed by atoms with van der Waals surface area (Å²) in [5.41, 5.74) is 0.215. The first-order chi connectivity index (χ1) is 10.4. The molecule has 6 heteroatoms. The van der Waals surface area contributed by atoms with Gasteiger partial charge in [0.25, 0.3) is 0 Å². The normalized spacial score (nSPS) is 13.1. The zero-order chi connectivity index (χ0) is 16.6. The molecule has 0 aliphatic rings. The summed E-state index contributed by atoms with van der Waals surface area (Å²) in [7, 11) is 0. The van der Waals surface area contributed by atoms with E-state index in [1.54, 1.807) is 6.07 Å². The Labute approximate surface area is 128 Å². The highest BCUT2D eigenvalue weighted by Gasteiger charge is 2.40. The molecule has 1 aromatic rings. The quantitative estimate of drug-likeness (QED) is 0.665. The Morgan fingerprint density at radius 1 is 1.23 bits per heavy atom. The van der Waals surface area contributed by atoms with Crippen LogP contribution in [-0.2, 0) is 11.3 Å². The van der Waals surface area contributed by atoms with Crippen LogP contribution in [0.3, 0.4) is 0 Å². The largest absolute Gasteiger partial charge is 0.478 e. The molecule has 1 N–H and O–H groups in total. The van der Waals surface area contributed by atoms with Gasteiger partial charge in [-0.1, -0.05) is 50.8 Å². The van der Waals surface area contributed by atoms with Gasteiger partial charge in [0.15, 0.2) is 6.10 Å². The van der Waals surface area contributed by atoms with E-state index in [2.05, 4.69) is 0 Å². The van der Waals surface area contributed by atoms with Crippen LogP contribution in [0.15, 0.2) is 24.3 Å². The van der Waals surface area contributed by atoms with E-state index >= 15 is 0 Å². The van der Waals surface area contributed by atoms with Crippen LogP contribution in [0.25, 0.3) is 0 Å². The van der Waals surface area contributed by atoms with Crippen LogP contribution in [0.1, 0.15) is 54.9 Å². The molecule has 1 rings (SSSR count). The molecule has 22 heavy (non-hydrogen) atoms. The van der Waals surface area contributed by atoms with Crippen LogP contribution < -0.4 is 0 Å². The van der Waals surface area contributed by atoms with E-state index in [-0.39, 0.29) is 24.2 Å². The van der Waals surface area contributed by atoms with Gasteiger partial charge < -0.3 is 9.84 Å². The third kappa shape index (κ3) is 6.05. The molecule has 0 aliphatic carbocycles. The highest BCUT2D eigenvalue weighted by molar-refractivity contribution is 5.89. The fourth-order valence-electron chi connectivity index (χ4n) is 2.14. The van der Waals surface area contributed by atoms with E-state index < -0.39 is 18.2 Å². The molecule has 1 aromatic carbocycles. The van der Waals surface area contributed by atoms with Crippen LogP contribution in [-0.4, -0.2) is 23.4 Å². The van der Waals surface area contributed by atoms with E-state index in [1.165, 1.54) is 18.2 Å². The molecule has 0 amide bonds. The van der Waals surface area contributed by atoms with Gasteiger partial charge in [-0.2, -0.15) is 13.2 Å². The first-order valence-electron chi connectivity index (χ1n) is 7.35. The van der Waals surface area contributed by atoms with E-state index in [4.69, 9.17) is 9.84 Å². The number of ether oxygens (including phenoxy) is 1. The second-order valence-corrected chi connectivity index (χ2v) is 5.15. The van der Waals surface area contributed by atoms with Crippen molar-refractivity contribution in [2.45, 2.75) is 57.9 Å². The Balaban J connectivity index is 2.65. The molecular formula is C16H21F3O3. The van der Waals surface area contributed by atoms with Crippen LogP contribution in [0.2, 0.25) is 0 Å². The van der Waals surface area contributed by atoms with Gasteiger partial charge in [-0.05, 0) is 18.1 Å². The van der Waals surface area contributed by atoms with E-state index in [1.807, 2.05) is 6.92 Å². The van der Waals surface area contributed by atoms with E-state index in [0.717, 1.165) is 19.3 Å². The van der Waals surface area contributed by atoms with Crippen molar-refractivity contribution in [1.29, 1.82) is 0 Å². The second kappa shape index (κ2) is 8.78. The number of carboxylic acid groups (broad SMARTS) is 1. The van der Waals surface area contributed by atoms with Crippen molar-refractivity contribution < 1.29 is 27.8 Å². The van der Waals surface area contributed by atoms with Crippen molar-refractivity contribution in [3.63, 3.8) is 0 Å². The van der Waals surface area contributed by atoms with Gasteiger partial charge in [-0.15, -0.1) is 0 Å². The Morgan fingerprint density at radius 3 is 2.50 bits per heavy atom. The van der Waals surface area contributed by atoms with Gasteiger partial charge in [-0.25, -0.2) is 4.79 Å². The summed E-state index contributed by atoms with van der Waals surface area (Å²) in [4.78, 5) is 11.0. The Bertz CT molecular complexity index is 472. The summed E-state index contributed by atoms with van der Waals surface area (Å²) >= 11 is 0. The Morgan fingerprint density at radius 2 is 1.91 bits per heavy atom. The number of carbonyl (C=O) groups is 1. The summed E-state index contributed by atoms with van der Waals surface area (Å²) in [6, 6.07) is 5.92. The number of benzene rings is 1. The Hall–Kier alpha value is -1.56. The molecule has 0 heterocycles. The maximum absolute atomic E-state index is 12.9. The highest BCUT2D eigenvalue weighted by Crippen LogP contribution is 2.28. The maximum Gasteiger partial charge on any atom is 0.414 e. The van der Waals surface area contributed by atoms with E-state index in [9.17, 15) is 18.0 Å². The van der Waals surface area contributed by atoms with Crippen molar-refractivity contribution in [1.82, 2.24) is 0 Å². The number of unbranched alkanes of at least 4 members (excludes halogenated alkanes) is 3. The predicted octanol–water partition coefficient (Wildman–Crippen LogP) is 4.80. The molecule has 0 fully saturated rings. The second-order valence-electron chi connectivity index (χ2n) is 5.15. The smallest absolute Gasteiger partial charge is 0.414 e. The monoisotopic (exact) mass is 318 g/mol. The van der Waals surface area contributed by atoms with Gasteiger partial charge in [0, 0.05) is 0 Å². The zero-order valence-electron chi connectivity index (χ0n) is 12.5. The molecule has 1 atom stereocenters. The molecule has 0 aliphatic heterocycles. The number of rotatable bonds is 9. The van der Waals surface area contributed by atoms with Gasteiger partial charge in [0.05, 0.1) is 12.2 Å². The van der Waals surface area contributed by atoms with Crippen molar-refractivity contribution in [2.24, 2.45) is 0 Å². The fraction of sp³-hybridized carbons (Fsp3) is 0.562. The summed E-state index contributed by atoms with van der Waals surface area (Å²) < 4.78 is 43.8. The number of halogens is 3. The SMILES string of the molecule is CCCCCCC(OCc1ccccc1C(=O)O)C(F)(F)F. The number of alkyl halides is 3. The average Bonchev–Trinajstić information content (AvgIpc) is 2.45. The van der Waals surface area contributed by atoms with Crippen LogP contribution in [0.5, 0.6) is 0 Å². The number of hydrogen-bond acceptors (Lipinski definition) is 2. The molecular weight excluding hydrogens is 297 g/mol. The minimum Gasteiger partial charge on any atom is -0.478 e. The maximum atomic E-state index is 12.9. The minimum atomic E-state index is -4.44. The summed E-state index contributed by atoms with van der Waals surface area (Å²) in [5, 5.41) is 9.01. The topological polar surface area (TPSA) is 46.5 Å². The molecule has 1 unspecified atom stereocenters. The number of hydrogen-bond donors (Lipinski definition) is 1. The van der Waals surface area contributed by atoms with Gasteiger partial charge in [0.1, 0.15) is 0 Å². The Kier molecular flexibility index (Phi) is 7.38. The molecule has 3 nitrogen and oxygen atoms in total. The summed E-state index contributed by atoms with van der Waals surface area (Å²) in [5.74, 6) is -1.18. The van der Waals surface area contributed by atoms with Crippen molar-refractivity contribution >= 4 is 5.97 Å². The van der Waals surface area contributed by atoms with Crippen molar-refractivity contribution in [2.75, 3.05) is 0 Å². The lowest BCUT2D eigenvalue weighted by atomic mass is 10.1. The molecule has 0 spiro atoms. The van der Waals surface area contributed by atoms with Crippen LogP contribution in [0.4, 0.5) is 13.2 Å². The van der Waals surface area contributed by atoms with Gasteiger partial charge >= 0.3 is 12.1 Å².